The van der Waals surface area contributed by atoms with Gasteiger partial charge in [-0.25, -0.2) is 0 Å². The molecule has 0 aliphatic heterocycles. The highest BCUT2D eigenvalue weighted by atomic mass is 16.1. The first-order valence-electron chi connectivity index (χ1n) is 6.76. The summed E-state index contributed by atoms with van der Waals surface area (Å²) in [6, 6.07) is 5.94. The maximum atomic E-state index is 11.8. The largest absolute Gasteiger partial charge is 0.326 e. The highest BCUT2D eigenvalue weighted by Gasteiger charge is 2.05. The second-order valence-electron chi connectivity index (χ2n) is 4.71. The Bertz CT molecular complexity index is 388. The highest BCUT2D eigenvalue weighted by molar-refractivity contribution is 5.91. The van der Waals surface area contributed by atoms with Crippen LogP contribution in [0.5, 0.6) is 0 Å². The molecule has 0 saturated heterocycles. The molecule has 1 aromatic carbocycles. The number of hydrogen-bond acceptors (Lipinski definition) is 2. The SMILES string of the molecule is CCCCCCC(=O)Nc1cc(CN)ccc1C. The van der Waals surface area contributed by atoms with Gasteiger partial charge in [-0.2, -0.15) is 0 Å². The van der Waals surface area contributed by atoms with Crippen LogP contribution in [0.25, 0.3) is 0 Å². The third kappa shape index (κ3) is 4.88. The van der Waals surface area contributed by atoms with Gasteiger partial charge in [-0.3, -0.25) is 4.79 Å². The van der Waals surface area contributed by atoms with Crippen LogP contribution in [0.2, 0.25) is 0 Å². The average molecular weight is 248 g/mol. The molecule has 0 aliphatic rings. The Labute approximate surface area is 110 Å². The molecular weight excluding hydrogens is 224 g/mol. The van der Waals surface area contributed by atoms with Gasteiger partial charge in [-0.1, -0.05) is 38.3 Å². The van der Waals surface area contributed by atoms with Gasteiger partial charge in [-0.15, -0.1) is 0 Å². The molecule has 0 atom stereocenters. The van der Waals surface area contributed by atoms with E-state index in [4.69, 9.17) is 5.73 Å². The molecule has 0 radical (unpaired) electrons. The average Bonchev–Trinajstić information content (AvgIpc) is 2.37. The molecule has 1 aromatic rings. The molecule has 0 aromatic heterocycles. The summed E-state index contributed by atoms with van der Waals surface area (Å²) in [4.78, 5) is 11.8. The molecule has 0 saturated carbocycles. The third-order valence-corrected chi connectivity index (χ3v) is 3.07. The van der Waals surface area contributed by atoms with Crippen LogP contribution >= 0.6 is 0 Å². The Morgan fingerprint density at radius 3 is 2.72 bits per heavy atom. The van der Waals surface area contributed by atoms with Crippen LogP contribution in [-0.2, 0) is 11.3 Å². The lowest BCUT2D eigenvalue weighted by Gasteiger charge is -2.10. The summed E-state index contributed by atoms with van der Waals surface area (Å²) in [5, 5.41) is 2.97. The molecule has 1 rings (SSSR count). The van der Waals surface area contributed by atoms with Crippen molar-refractivity contribution in [3.63, 3.8) is 0 Å². The minimum atomic E-state index is 0.100. The van der Waals surface area contributed by atoms with Crippen molar-refractivity contribution >= 4 is 11.6 Å². The van der Waals surface area contributed by atoms with Crippen LogP contribution in [0.3, 0.4) is 0 Å². The molecule has 0 unspecified atom stereocenters. The molecule has 3 nitrogen and oxygen atoms in total. The number of nitrogens with two attached hydrogens (primary N) is 1. The molecule has 3 heteroatoms. The quantitative estimate of drug-likeness (QED) is 0.727. The topological polar surface area (TPSA) is 55.1 Å². The highest BCUT2D eigenvalue weighted by Crippen LogP contribution is 2.17. The minimum Gasteiger partial charge on any atom is -0.326 e. The molecule has 0 aliphatic carbocycles. The van der Waals surface area contributed by atoms with Crippen molar-refractivity contribution in [2.45, 2.75) is 52.5 Å². The van der Waals surface area contributed by atoms with Gasteiger partial charge >= 0.3 is 0 Å². The van der Waals surface area contributed by atoms with E-state index in [-0.39, 0.29) is 5.91 Å². The van der Waals surface area contributed by atoms with Crippen LogP contribution in [-0.4, -0.2) is 5.91 Å². The fraction of sp³-hybridized carbons (Fsp3) is 0.533. The van der Waals surface area contributed by atoms with E-state index in [1.165, 1.54) is 12.8 Å². The van der Waals surface area contributed by atoms with Gasteiger partial charge in [0, 0.05) is 18.7 Å². The Balaban J connectivity index is 2.48. The van der Waals surface area contributed by atoms with Crippen LogP contribution in [0, 0.1) is 6.92 Å². The van der Waals surface area contributed by atoms with Gasteiger partial charge in [0.05, 0.1) is 0 Å². The van der Waals surface area contributed by atoms with Crippen LogP contribution in [0.15, 0.2) is 18.2 Å². The Morgan fingerprint density at radius 2 is 2.06 bits per heavy atom. The number of anilines is 1. The normalized spacial score (nSPS) is 10.4. The Hall–Kier alpha value is -1.35. The molecule has 0 spiro atoms. The van der Waals surface area contributed by atoms with Crippen LogP contribution in [0.1, 0.15) is 50.2 Å². The standard InChI is InChI=1S/C15H24N2O/c1-3-4-5-6-7-15(18)17-14-10-13(11-16)9-8-12(14)2/h8-10H,3-7,11,16H2,1-2H3,(H,17,18). The molecule has 0 bridgehead atoms. The minimum absolute atomic E-state index is 0.100. The van der Waals surface area contributed by atoms with Gasteiger partial charge in [-0.05, 0) is 30.5 Å². The molecule has 1 amide bonds. The van der Waals surface area contributed by atoms with Crippen LogP contribution < -0.4 is 11.1 Å². The number of carbonyl (C=O) groups excluding carboxylic acids is 1. The number of rotatable bonds is 7. The summed E-state index contributed by atoms with van der Waals surface area (Å²) in [5.41, 5.74) is 8.61. The number of carbonyl (C=O) groups is 1. The lowest BCUT2D eigenvalue weighted by atomic mass is 10.1. The van der Waals surface area contributed by atoms with Crippen molar-refractivity contribution in [3.8, 4) is 0 Å². The Morgan fingerprint density at radius 1 is 1.28 bits per heavy atom. The number of nitrogens with one attached hydrogen (secondary N) is 1. The van der Waals surface area contributed by atoms with E-state index >= 15 is 0 Å². The third-order valence-electron chi connectivity index (χ3n) is 3.07. The summed E-state index contributed by atoms with van der Waals surface area (Å²) in [6.45, 7) is 4.66. The van der Waals surface area contributed by atoms with Gasteiger partial charge in [0.2, 0.25) is 5.91 Å². The monoisotopic (exact) mass is 248 g/mol. The second kappa shape index (κ2) is 7.88. The second-order valence-corrected chi connectivity index (χ2v) is 4.71. The summed E-state index contributed by atoms with van der Waals surface area (Å²) in [7, 11) is 0. The number of hydrogen-bond donors (Lipinski definition) is 2. The number of unbranched alkanes of at least 4 members (excludes halogenated alkanes) is 3. The van der Waals surface area contributed by atoms with Crippen LogP contribution in [0.4, 0.5) is 5.69 Å². The summed E-state index contributed by atoms with van der Waals surface area (Å²) in [6.07, 6.45) is 5.10. The first-order valence-corrected chi connectivity index (χ1v) is 6.76. The van der Waals surface area contributed by atoms with Crippen molar-refractivity contribution in [2.75, 3.05) is 5.32 Å². The number of benzene rings is 1. The van der Waals surface area contributed by atoms with Gasteiger partial charge in [0.15, 0.2) is 0 Å². The summed E-state index contributed by atoms with van der Waals surface area (Å²) < 4.78 is 0. The Kier molecular flexibility index (Phi) is 6.44. The fourth-order valence-electron chi connectivity index (χ4n) is 1.86. The van der Waals surface area contributed by atoms with Crippen molar-refractivity contribution in [2.24, 2.45) is 5.73 Å². The van der Waals surface area contributed by atoms with Crippen molar-refractivity contribution in [1.82, 2.24) is 0 Å². The molecule has 0 fully saturated rings. The van der Waals surface area contributed by atoms with Crippen molar-refractivity contribution < 1.29 is 4.79 Å². The zero-order chi connectivity index (χ0) is 13.4. The van der Waals surface area contributed by atoms with Crippen molar-refractivity contribution in [3.05, 3.63) is 29.3 Å². The van der Waals surface area contributed by atoms with Gasteiger partial charge < -0.3 is 11.1 Å². The van der Waals surface area contributed by atoms with E-state index in [2.05, 4.69) is 12.2 Å². The zero-order valence-electron chi connectivity index (χ0n) is 11.5. The number of aryl methyl sites for hydroxylation is 1. The lowest BCUT2D eigenvalue weighted by Crippen LogP contribution is -2.12. The molecule has 3 N–H and O–H groups in total. The predicted octanol–water partition coefficient (Wildman–Crippen LogP) is 3.36. The van der Waals surface area contributed by atoms with E-state index in [0.717, 1.165) is 29.7 Å². The van der Waals surface area contributed by atoms with E-state index in [0.29, 0.717) is 13.0 Å². The maximum Gasteiger partial charge on any atom is 0.224 e. The maximum absolute atomic E-state index is 11.8. The summed E-state index contributed by atoms with van der Waals surface area (Å²) in [5.74, 6) is 0.100. The van der Waals surface area contributed by atoms with Gasteiger partial charge in [0.1, 0.15) is 0 Å². The van der Waals surface area contributed by atoms with E-state index in [9.17, 15) is 4.79 Å². The fourth-order valence-corrected chi connectivity index (χ4v) is 1.86. The van der Waals surface area contributed by atoms with E-state index in [1.54, 1.807) is 0 Å². The first-order chi connectivity index (χ1) is 8.67. The molecule has 18 heavy (non-hydrogen) atoms. The molecule has 100 valence electrons. The summed E-state index contributed by atoms with van der Waals surface area (Å²) >= 11 is 0. The lowest BCUT2D eigenvalue weighted by molar-refractivity contribution is -0.116. The van der Waals surface area contributed by atoms with Crippen molar-refractivity contribution in [1.29, 1.82) is 0 Å². The first kappa shape index (κ1) is 14.7. The van der Waals surface area contributed by atoms with E-state index < -0.39 is 0 Å². The smallest absolute Gasteiger partial charge is 0.224 e. The molecular formula is C15H24N2O. The molecule has 0 heterocycles. The van der Waals surface area contributed by atoms with Gasteiger partial charge in [0.25, 0.3) is 0 Å². The number of amides is 1. The zero-order valence-corrected chi connectivity index (χ0v) is 11.5. The predicted molar refractivity (Wildman–Crippen MR) is 76.5 cm³/mol. The van der Waals surface area contributed by atoms with E-state index in [1.807, 2.05) is 25.1 Å².